The number of pyridine rings is 1. The summed E-state index contributed by atoms with van der Waals surface area (Å²) in [6.07, 6.45) is 5.96. The average molecular weight is 475 g/mol. The van der Waals surface area contributed by atoms with Gasteiger partial charge < -0.3 is 4.74 Å². The summed E-state index contributed by atoms with van der Waals surface area (Å²) >= 11 is 0. The van der Waals surface area contributed by atoms with Crippen LogP contribution in [-0.4, -0.2) is 15.9 Å². The molecule has 0 saturated carbocycles. The maximum atomic E-state index is 6.00. The fourth-order valence-electron chi connectivity index (χ4n) is 5.35. The molecule has 1 aliphatic heterocycles. The minimum absolute atomic E-state index is 0.380. The molecule has 1 aliphatic rings. The highest BCUT2D eigenvalue weighted by atomic mass is 16.5. The van der Waals surface area contributed by atoms with Crippen molar-refractivity contribution in [2.45, 2.75) is 51.8 Å². The quantitative estimate of drug-likeness (QED) is 0.254. The van der Waals surface area contributed by atoms with E-state index in [1.807, 2.05) is 36.7 Å². The van der Waals surface area contributed by atoms with Gasteiger partial charge in [-0.3, -0.25) is 9.88 Å². The van der Waals surface area contributed by atoms with Crippen LogP contribution in [0.15, 0.2) is 103 Å². The summed E-state index contributed by atoms with van der Waals surface area (Å²) in [5, 5.41) is 0. The highest BCUT2D eigenvalue weighted by Gasteiger charge is 2.37. The fraction of sp³-hybridized carbons (Fsp3) is 0.273. The summed E-state index contributed by atoms with van der Waals surface area (Å²) in [7, 11) is 0. The summed E-state index contributed by atoms with van der Waals surface area (Å²) in [4.78, 5) is 6.77. The number of nitrogens with zero attached hydrogens (tertiary/aromatic N) is 2. The topological polar surface area (TPSA) is 25.4 Å². The summed E-state index contributed by atoms with van der Waals surface area (Å²) in [5.74, 6) is 1.84. The van der Waals surface area contributed by atoms with Gasteiger partial charge in [0.05, 0.1) is 6.54 Å². The second-order valence-electron chi connectivity index (χ2n) is 9.99. The number of ether oxygens (including phenoxy) is 1. The van der Waals surface area contributed by atoms with Crippen LogP contribution in [0.4, 0.5) is 0 Å². The molecule has 2 heterocycles. The molecule has 2 atom stereocenters. The third kappa shape index (κ3) is 5.85. The Kier molecular flexibility index (Phi) is 7.78. The smallest absolute Gasteiger partial charge is 0.119 e. The zero-order valence-corrected chi connectivity index (χ0v) is 21.2. The van der Waals surface area contributed by atoms with Crippen molar-refractivity contribution in [1.82, 2.24) is 9.88 Å². The Morgan fingerprint density at radius 1 is 0.833 bits per heavy atom. The lowest BCUT2D eigenvalue weighted by Gasteiger charge is -2.44. The van der Waals surface area contributed by atoms with Crippen LogP contribution in [0.25, 0.3) is 0 Å². The van der Waals surface area contributed by atoms with Crippen molar-refractivity contribution in [2.75, 3.05) is 0 Å². The van der Waals surface area contributed by atoms with Gasteiger partial charge in [0.1, 0.15) is 12.4 Å². The van der Waals surface area contributed by atoms with Crippen molar-refractivity contribution in [3.63, 3.8) is 0 Å². The predicted molar refractivity (Wildman–Crippen MR) is 145 cm³/mol. The van der Waals surface area contributed by atoms with Crippen LogP contribution < -0.4 is 4.74 Å². The summed E-state index contributed by atoms with van der Waals surface area (Å²) in [5.41, 5.74) is 6.38. The van der Waals surface area contributed by atoms with Gasteiger partial charge in [0.2, 0.25) is 0 Å². The van der Waals surface area contributed by atoms with Gasteiger partial charge in [-0.2, -0.15) is 0 Å². The molecule has 0 aliphatic carbocycles. The monoisotopic (exact) mass is 474 g/mol. The molecular formula is C33H34N2O. The van der Waals surface area contributed by atoms with E-state index in [1.54, 1.807) is 0 Å². The van der Waals surface area contributed by atoms with E-state index in [0.717, 1.165) is 25.1 Å². The molecule has 4 aromatic rings. The molecule has 0 spiro atoms. The fourth-order valence-corrected chi connectivity index (χ4v) is 5.35. The van der Waals surface area contributed by atoms with E-state index >= 15 is 0 Å². The van der Waals surface area contributed by atoms with Crippen molar-refractivity contribution in [2.24, 2.45) is 5.92 Å². The van der Waals surface area contributed by atoms with E-state index in [9.17, 15) is 0 Å². The second kappa shape index (κ2) is 11.5. The van der Waals surface area contributed by atoms with Gasteiger partial charge in [-0.1, -0.05) is 86.6 Å². The minimum Gasteiger partial charge on any atom is -0.489 e. The molecule has 182 valence electrons. The number of hydrogen-bond donors (Lipinski definition) is 0. The van der Waals surface area contributed by atoms with Crippen LogP contribution in [0.2, 0.25) is 0 Å². The number of rotatable bonds is 9. The van der Waals surface area contributed by atoms with Crippen molar-refractivity contribution in [3.05, 3.63) is 138 Å². The molecule has 36 heavy (non-hydrogen) atoms. The van der Waals surface area contributed by atoms with Crippen LogP contribution in [0.1, 0.15) is 54.0 Å². The molecule has 0 fully saturated rings. The Labute approximate surface area is 215 Å². The van der Waals surface area contributed by atoms with Crippen LogP contribution in [0.3, 0.4) is 0 Å². The third-order valence-corrected chi connectivity index (χ3v) is 7.07. The molecule has 0 amide bonds. The average Bonchev–Trinajstić information content (AvgIpc) is 2.92. The van der Waals surface area contributed by atoms with E-state index in [2.05, 4.69) is 97.0 Å². The van der Waals surface area contributed by atoms with Gasteiger partial charge in [-0.05, 0) is 64.8 Å². The van der Waals surface area contributed by atoms with Crippen LogP contribution in [0.5, 0.6) is 5.75 Å². The molecule has 3 nitrogen and oxygen atoms in total. The lowest BCUT2D eigenvalue weighted by atomic mass is 9.76. The summed E-state index contributed by atoms with van der Waals surface area (Å²) in [6, 6.07) is 32.2. The van der Waals surface area contributed by atoms with Crippen molar-refractivity contribution in [3.8, 4) is 5.75 Å². The first kappa shape index (κ1) is 24.3. The minimum atomic E-state index is 0.380. The van der Waals surface area contributed by atoms with Gasteiger partial charge >= 0.3 is 0 Å². The van der Waals surface area contributed by atoms with Crippen molar-refractivity contribution < 1.29 is 4.74 Å². The van der Waals surface area contributed by atoms with Crippen molar-refractivity contribution in [1.29, 1.82) is 0 Å². The number of fused-ring (bicyclic) bond motifs is 1. The SMILES string of the molecule is CC(C)C1C(CCc2cccnc2)c2ccccc2[C]N1Cc1ccc(OCc2ccccc2)cc1. The maximum absolute atomic E-state index is 6.00. The second-order valence-corrected chi connectivity index (χ2v) is 9.99. The normalized spacial score (nSPS) is 17.6. The third-order valence-electron chi connectivity index (χ3n) is 7.07. The molecular weight excluding hydrogens is 440 g/mol. The van der Waals surface area contributed by atoms with Crippen molar-refractivity contribution >= 4 is 0 Å². The van der Waals surface area contributed by atoms with Gasteiger partial charge in [0.25, 0.3) is 0 Å². The van der Waals surface area contributed by atoms with E-state index in [4.69, 9.17) is 4.74 Å². The molecule has 0 bridgehead atoms. The Bertz CT molecular complexity index is 1220. The zero-order valence-electron chi connectivity index (χ0n) is 21.2. The van der Waals surface area contributed by atoms with Crippen LogP contribution in [0, 0.1) is 12.5 Å². The number of hydrogen-bond acceptors (Lipinski definition) is 3. The highest BCUT2D eigenvalue weighted by molar-refractivity contribution is 5.40. The van der Waals surface area contributed by atoms with Crippen LogP contribution in [-0.2, 0) is 19.6 Å². The maximum Gasteiger partial charge on any atom is 0.119 e. The Hall–Kier alpha value is -3.43. The van der Waals surface area contributed by atoms with Gasteiger partial charge in [-0.25, -0.2) is 0 Å². The first-order valence-electron chi connectivity index (χ1n) is 12.9. The molecule has 2 unspecified atom stereocenters. The van der Waals surface area contributed by atoms with Gasteiger partial charge in [0, 0.05) is 30.9 Å². The predicted octanol–water partition coefficient (Wildman–Crippen LogP) is 7.30. The first-order valence-corrected chi connectivity index (χ1v) is 12.9. The molecule has 3 heteroatoms. The lowest BCUT2D eigenvalue weighted by Crippen LogP contribution is -2.45. The standard InChI is InChI=1S/C33H34N2O/c1-25(2)33-32(19-16-26-11-8-20-34-21-26)31-13-7-6-12-29(31)23-35(33)22-27-14-17-30(18-15-27)36-24-28-9-4-3-5-10-28/h3-15,17-18,20-21,25,32-33H,16,19,22,24H2,1-2H3. The molecule has 5 rings (SSSR count). The number of benzene rings is 3. The summed E-state index contributed by atoms with van der Waals surface area (Å²) < 4.78 is 6.00. The number of aryl methyl sites for hydroxylation is 1. The van der Waals surface area contributed by atoms with E-state index < -0.39 is 0 Å². The van der Waals surface area contributed by atoms with Gasteiger partial charge in [0.15, 0.2) is 0 Å². The van der Waals surface area contributed by atoms with Crippen LogP contribution >= 0.6 is 0 Å². The molecule has 3 aromatic carbocycles. The lowest BCUT2D eigenvalue weighted by molar-refractivity contribution is 0.145. The highest BCUT2D eigenvalue weighted by Crippen LogP contribution is 2.41. The molecule has 0 N–H and O–H groups in total. The zero-order chi connectivity index (χ0) is 24.7. The Balaban J connectivity index is 1.32. The van der Waals surface area contributed by atoms with E-state index in [-0.39, 0.29) is 0 Å². The molecule has 0 saturated heterocycles. The first-order chi connectivity index (χ1) is 17.7. The molecule has 2 radical (unpaired) electrons. The van der Waals surface area contributed by atoms with E-state index in [1.165, 1.54) is 27.8 Å². The Morgan fingerprint density at radius 3 is 2.33 bits per heavy atom. The molecule has 1 aromatic heterocycles. The van der Waals surface area contributed by atoms with Gasteiger partial charge in [-0.15, -0.1) is 0 Å². The summed E-state index contributed by atoms with van der Waals surface area (Å²) in [6.45, 7) is 9.85. The Morgan fingerprint density at radius 2 is 1.58 bits per heavy atom. The largest absolute Gasteiger partial charge is 0.489 e. The van der Waals surface area contributed by atoms with E-state index in [0.29, 0.717) is 24.5 Å². The number of aromatic nitrogens is 1.